The number of hydrogen-bond donors (Lipinski definition) is 3. The van der Waals surface area contributed by atoms with Crippen LogP contribution in [0, 0.1) is 6.92 Å². The number of aromatic carboxylic acids is 1. The van der Waals surface area contributed by atoms with Gasteiger partial charge in [0.1, 0.15) is 0 Å². The number of nitrogens with one attached hydrogen (secondary N) is 2. The number of carbonyl (C=O) groups excluding carboxylic acids is 1. The van der Waals surface area contributed by atoms with E-state index >= 15 is 0 Å². The second-order valence-corrected chi connectivity index (χ2v) is 4.88. The summed E-state index contributed by atoms with van der Waals surface area (Å²) in [5.41, 5.74) is 1.45. The Bertz CT molecular complexity index is 530. The first kappa shape index (κ1) is 14.5. The minimum atomic E-state index is -0.972. The Balaban J connectivity index is 2.02. The van der Waals surface area contributed by atoms with Crippen molar-refractivity contribution in [1.82, 2.24) is 5.32 Å². The molecular weight excluding hydrogens is 260 g/mol. The Labute approximate surface area is 117 Å². The van der Waals surface area contributed by atoms with Crippen LogP contribution in [0.2, 0.25) is 0 Å². The Hall–Kier alpha value is -1.92. The summed E-state index contributed by atoms with van der Waals surface area (Å²) in [7, 11) is 1.63. The minimum Gasteiger partial charge on any atom is -0.478 e. The molecular formula is C14H18N2O4. The fourth-order valence-electron chi connectivity index (χ4n) is 2.29. The van der Waals surface area contributed by atoms with E-state index in [2.05, 4.69) is 10.6 Å². The van der Waals surface area contributed by atoms with E-state index in [0.717, 1.165) is 0 Å². The van der Waals surface area contributed by atoms with E-state index in [1.807, 2.05) is 0 Å². The highest BCUT2D eigenvalue weighted by atomic mass is 16.5. The fourth-order valence-corrected chi connectivity index (χ4v) is 2.29. The van der Waals surface area contributed by atoms with Crippen molar-refractivity contribution in [2.24, 2.45) is 0 Å². The first-order chi connectivity index (χ1) is 9.51. The summed E-state index contributed by atoms with van der Waals surface area (Å²) in [6, 6.07) is 4.47. The second-order valence-electron chi connectivity index (χ2n) is 4.88. The number of ether oxygens (including phenoxy) is 1. The summed E-state index contributed by atoms with van der Waals surface area (Å²) >= 11 is 0. The predicted molar refractivity (Wildman–Crippen MR) is 74.0 cm³/mol. The van der Waals surface area contributed by atoms with Gasteiger partial charge in [-0.05, 0) is 37.1 Å². The monoisotopic (exact) mass is 278 g/mol. The standard InChI is InChI=1S/C14H18N2O4/c1-8-5-9(3-4-11(8)14(18)19)16-13(17)12-6-10(20-2)7-15-12/h3-5,10,12,15H,6-7H2,1-2H3,(H,16,17)(H,18,19). The number of carbonyl (C=O) groups is 2. The number of benzene rings is 1. The number of aryl methyl sites for hydroxylation is 1. The van der Waals surface area contributed by atoms with E-state index in [4.69, 9.17) is 9.84 Å². The zero-order valence-corrected chi connectivity index (χ0v) is 11.5. The molecule has 0 bridgehead atoms. The molecule has 2 unspecified atom stereocenters. The molecule has 108 valence electrons. The van der Waals surface area contributed by atoms with Gasteiger partial charge in [-0.25, -0.2) is 4.79 Å². The Morgan fingerprint density at radius 2 is 2.20 bits per heavy atom. The molecule has 1 aliphatic heterocycles. The van der Waals surface area contributed by atoms with Crippen LogP contribution in [0.15, 0.2) is 18.2 Å². The smallest absolute Gasteiger partial charge is 0.335 e. The Morgan fingerprint density at radius 1 is 1.45 bits per heavy atom. The molecule has 1 amide bonds. The maximum absolute atomic E-state index is 12.1. The van der Waals surface area contributed by atoms with Crippen molar-refractivity contribution in [2.45, 2.75) is 25.5 Å². The predicted octanol–water partition coefficient (Wildman–Crippen LogP) is 1.01. The first-order valence-corrected chi connectivity index (χ1v) is 6.42. The third-order valence-corrected chi connectivity index (χ3v) is 3.46. The first-order valence-electron chi connectivity index (χ1n) is 6.42. The number of amides is 1. The van der Waals surface area contributed by atoms with Crippen LogP contribution in [0.5, 0.6) is 0 Å². The molecule has 1 saturated heterocycles. The number of carboxylic acids is 1. The molecule has 2 rings (SSSR count). The van der Waals surface area contributed by atoms with E-state index in [9.17, 15) is 9.59 Å². The molecule has 0 saturated carbocycles. The second kappa shape index (κ2) is 6.02. The highest BCUT2D eigenvalue weighted by Gasteiger charge is 2.29. The van der Waals surface area contributed by atoms with E-state index in [-0.39, 0.29) is 23.6 Å². The summed E-state index contributed by atoms with van der Waals surface area (Å²) < 4.78 is 5.20. The Morgan fingerprint density at radius 3 is 2.75 bits per heavy atom. The van der Waals surface area contributed by atoms with Crippen molar-refractivity contribution in [3.63, 3.8) is 0 Å². The van der Waals surface area contributed by atoms with Crippen molar-refractivity contribution >= 4 is 17.6 Å². The van der Waals surface area contributed by atoms with Crippen molar-refractivity contribution < 1.29 is 19.4 Å². The van der Waals surface area contributed by atoms with Crippen molar-refractivity contribution in [1.29, 1.82) is 0 Å². The van der Waals surface area contributed by atoms with Crippen LogP contribution in [0.25, 0.3) is 0 Å². The molecule has 3 N–H and O–H groups in total. The third kappa shape index (κ3) is 3.15. The van der Waals surface area contributed by atoms with Gasteiger partial charge in [-0.15, -0.1) is 0 Å². The number of carboxylic acid groups (broad SMARTS) is 1. The van der Waals surface area contributed by atoms with Crippen LogP contribution in [-0.4, -0.2) is 42.8 Å². The molecule has 1 heterocycles. The topological polar surface area (TPSA) is 87.7 Å². The molecule has 0 aliphatic carbocycles. The lowest BCUT2D eigenvalue weighted by Crippen LogP contribution is -2.35. The van der Waals surface area contributed by atoms with Gasteiger partial charge in [-0.2, -0.15) is 0 Å². The molecule has 1 aromatic rings. The van der Waals surface area contributed by atoms with E-state index in [1.165, 1.54) is 6.07 Å². The number of hydrogen-bond acceptors (Lipinski definition) is 4. The zero-order valence-electron chi connectivity index (χ0n) is 11.5. The lowest BCUT2D eigenvalue weighted by molar-refractivity contribution is -0.118. The summed E-state index contributed by atoms with van der Waals surface area (Å²) in [4.78, 5) is 23.0. The van der Waals surface area contributed by atoms with Gasteiger partial charge in [0, 0.05) is 19.3 Å². The lowest BCUT2D eigenvalue weighted by atomic mass is 10.1. The summed E-state index contributed by atoms with van der Waals surface area (Å²) in [6.45, 7) is 2.36. The van der Waals surface area contributed by atoms with Gasteiger partial charge in [0.15, 0.2) is 0 Å². The molecule has 1 aromatic carbocycles. The van der Waals surface area contributed by atoms with E-state index in [1.54, 1.807) is 26.2 Å². The maximum Gasteiger partial charge on any atom is 0.335 e. The van der Waals surface area contributed by atoms with Crippen LogP contribution in [-0.2, 0) is 9.53 Å². The zero-order chi connectivity index (χ0) is 14.7. The summed E-state index contributed by atoms with van der Waals surface area (Å²) in [5.74, 6) is -1.10. The van der Waals surface area contributed by atoms with Gasteiger partial charge < -0.3 is 20.5 Å². The largest absolute Gasteiger partial charge is 0.478 e. The maximum atomic E-state index is 12.1. The van der Waals surface area contributed by atoms with Crippen molar-refractivity contribution in [3.8, 4) is 0 Å². The van der Waals surface area contributed by atoms with Gasteiger partial charge in [0.25, 0.3) is 0 Å². The number of anilines is 1. The number of rotatable bonds is 4. The van der Waals surface area contributed by atoms with Crippen LogP contribution >= 0.6 is 0 Å². The lowest BCUT2D eigenvalue weighted by Gasteiger charge is -2.12. The number of methoxy groups -OCH3 is 1. The van der Waals surface area contributed by atoms with Gasteiger partial charge in [0.2, 0.25) is 5.91 Å². The molecule has 0 aromatic heterocycles. The van der Waals surface area contributed by atoms with Crippen molar-refractivity contribution in [2.75, 3.05) is 19.0 Å². The quantitative estimate of drug-likeness (QED) is 0.765. The molecule has 0 radical (unpaired) electrons. The highest BCUT2D eigenvalue weighted by molar-refractivity contribution is 5.96. The van der Waals surface area contributed by atoms with Crippen LogP contribution in [0.4, 0.5) is 5.69 Å². The van der Waals surface area contributed by atoms with Gasteiger partial charge >= 0.3 is 5.97 Å². The van der Waals surface area contributed by atoms with Gasteiger partial charge in [-0.3, -0.25) is 4.79 Å². The third-order valence-electron chi connectivity index (χ3n) is 3.46. The molecule has 1 fully saturated rings. The average Bonchev–Trinajstić information content (AvgIpc) is 2.87. The molecule has 20 heavy (non-hydrogen) atoms. The van der Waals surface area contributed by atoms with E-state index in [0.29, 0.717) is 24.2 Å². The normalized spacial score (nSPS) is 21.7. The summed E-state index contributed by atoms with van der Waals surface area (Å²) in [6.07, 6.45) is 0.691. The van der Waals surface area contributed by atoms with Gasteiger partial charge in [0.05, 0.1) is 17.7 Å². The van der Waals surface area contributed by atoms with E-state index < -0.39 is 5.97 Å². The average molecular weight is 278 g/mol. The van der Waals surface area contributed by atoms with Crippen LogP contribution in [0.3, 0.4) is 0 Å². The Kier molecular flexibility index (Phi) is 4.36. The highest BCUT2D eigenvalue weighted by Crippen LogP contribution is 2.17. The van der Waals surface area contributed by atoms with Crippen LogP contribution in [0.1, 0.15) is 22.3 Å². The van der Waals surface area contributed by atoms with Crippen molar-refractivity contribution in [3.05, 3.63) is 29.3 Å². The minimum absolute atomic E-state index is 0.0573. The van der Waals surface area contributed by atoms with Gasteiger partial charge in [-0.1, -0.05) is 0 Å². The molecule has 6 heteroatoms. The molecule has 0 spiro atoms. The SMILES string of the molecule is COC1CNC(C(=O)Nc2ccc(C(=O)O)c(C)c2)C1. The molecule has 6 nitrogen and oxygen atoms in total. The fraction of sp³-hybridized carbons (Fsp3) is 0.429. The van der Waals surface area contributed by atoms with Crippen LogP contribution < -0.4 is 10.6 Å². The molecule has 2 atom stereocenters. The molecule has 1 aliphatic rings. The summed E-state index contributed by atoms with van der Waals surface area (Å²) in [5, 5.41) is 14.8.